The second-order valence-electron chi connectivity index (χ2n) is 6.07. The Morgan fingerprint density at radius 1 is 0.957 bits per heavy atom. The molecule has 3 heteroatoms. The Labute approximate surface area is 137 Å². The van der Waals surface area contributed by atoms with Crippen LogP contribution >= 0.6 is 0 Å². The smallest absolute Gasteiger partial charge is 0.230 e. The fourth-order valence-electron chi connectivity index (χ4n) is 3.40. The highest BCUT2D eigenvalue weighted by Crippen LogP contribution is 2.41. The van der Waals surface area contributed by atoms with Crippen molar-refractivity contribution in [3.05, 3.63) is 66.2 Å². The van der Waals surface area contributed by atoms with Crippen molar-refractivity contribution in [3.8, 4) is 5.75 Å². The molecule has 1 amide bonds. The van der Waals surface area contributed by atoms with E-state index in [1.165, 1.54) is 0 Å². The Bertz CT molecular complexity index is 619. The van der Waals surface area contributed by atoms with Gasteiger partial charge in [0.05, 0.1) is 12.0 Å². The van der Waals surface area contributed by atoms with Gasteiger partial charge < -0.3 is 10.1 Å². The van der Waals surface area contributed by atoms with Crippen LogP contribution in [0.2, 0.25) is 0 Å². The second kappa shape index (κ2) is 7.32. The number of nitrogens with one attached hydrogen (secondary N) is 1. The van der Waals surface area contributed by atoms with E-state index >= 15 is 0 Å². The number of carbonyl (C=O) groups excluding carboxylic acids is 1. The summed E-state index contributed by atoms with van der Waals surface area (Å²) in [5, 5.41) is 3.07. The normalized spacial score (nSPS) is 16.0. The Balaban J connectivity index is 1.57. The molecule has 0 aliphatic heterocycles. The Hall–Kier alpha value is -2.29. The van der Waals surface area contributed by atoms with Crippen molar-refractivity contribution in [1.29, 1.82) is 0 Å². The quantitative estimate of drug-likeness (QED) is 0.826. The summed E-state index contributed by atoms with van der Waals surface area (Å²) in [7, 11) is 0. The van der Waals surface area contributed by atoms with E-state index < -0.39 is 0 Å². The molecular formula is C20H23NO2. The molecule has 3 rings (SSSR count). The summed E-state index contributed by atoms with van der Waals surface area (Å²) in [6, 6.07) is 19.9. The maximum atomic E-state index is 12.8. The van der Waals surface area contributed by atoms with Crippen molar-refractivity contribution in [1.82, 2.24) is 5.32 Å². The molecule has 1 fully saturated rings. The summed E-state index contributed by atoms with van der Waals surface area (Å²) < 4.78 is 5.64. The lowest BCUT2D eigenvalue weighted by Gasteiger charge is -2.28. The molecule has 2 aromatic rings. The lowest BCUT2D eigenvalue weighted by atomic mass is 9.78. The Morgan fingerprint density at radius 3 is 2.22 bits per heavy atom. The summed E-state index contributed by atoms with van der Waals surface area (Å²) in [6.45, 7) is 1.02. The van der Waals surface area contributed by atoms with Gasteiger partial charge in [0.1, 0.15) is 12.4 Å². The SMILES string of the molecule is O=C(NCCOc1ccccc1)C1(c2ccccc2)CCCC1. The first kappa shape index (κ1) is 15.6. The van der Waals surface area contributed by atoms with Gasteiger partial charge >= 0.3 is 0 Å². The number of carbonyl (C=O) groups is 1. The minimum Gasteiger partial charge on any atom is -0.492 e. The van der Waals surface area contributed by atoms with Gasteiger partial charge in [-0.25, -0.2) is 0 Å². The monoisotopic (exact) mass is 309 g/mol. The largest absolute Gasteiger partial charge is 0.492 e. The maximum Gasteiger partial charge on any atom is 0.230 e. The van der Waals surface area contributed by atoms with E-state index in [2.05, 4.69) is 17.4 Å². The molecule has 1 saturated carbocycles. The molecule has 0 radical (unpaired) electrons. The first-order valence-corrected chi connectivity index (χ1v) is 8.33. The van der Waals surface area contributed by atoms with Crippen LogP contribution in [-0.2, 0) is 10.2 Å². The number of hydrogen-bond acceptors (Lipinski definition) is 2. The first-order chi connectivity index (χ1) is 11.3. The molecule has 0 spiro atoms. The van der Waals surface area contributed by atoms with E-state index in [-0.39, 0.29) is 11.3 Å². The van der Waals surface area contributed by atoms with Gasteiger partial charge in [-0.2, -0.15) is 0 Å². The van der Waals surface area contributed by atoms with Crippen LogP contribution in [-0.4, -0.2) is 19.1 Å². The summed E-state index contributed by atoms with van der Waals surface area (Å²) in [4.78, 5) is 12.8. The lowest BCUT2D eigenvalue weighted by Crippen LogP contribution is -2.43. The van der Waals surface area contributed by atoms with Crippen molar-refractivity contribution in [2.24, 2.45) is 0 Å². The number of hydrogen-bond donors (Lipinski definition) is 1. The van der Waals surface area contributed by atoms with Gasteiger partial charge in [-0.3, -0.25) is 4.79 Å². The number of benzene rings is 2. The predicted octanol–water partition coefficient (Wildman–Crippen LogP) is 3.69. The molecular weight excluding hydrogens is 286 g/mol. The molecule has 0 saturated heterocycles. The number of para-hydroxylation sites is 1. The van der Waals surface area contributed by atoms with Crippen molar-refractivity contribution in [2.45, 2.75) is 31.1 Å². The molecule has 0 unspecified atom stereocenters. The van der Waals surface area contributed by atoms with Crippen LogP contribution in [0, 0.1) is 0 Å². The lowest BCUT2D eigenvalue weighted by molar-refractivity contribution is -0.126. The summed E-state index contributed by atoms with van der Waals surface area (Å²) in [6.07, 6.45) is 4.09. The summed E-state index contributed by atoms with van der Waals surface area (Å²) >= 11 is 0. The Morgan fingerprint density at radius 2 is 1.57 bits per heavy atom. The number of amides is 1. The minimum absolute atomic E-state index is 0.137. The fraction of sp³-hybridized carbons (Fsp3) is 0.350. The first-order valence-electron chi connectivity index (χ1n) is 8.33. The van der Waals surface area contributed by atoms with Gasteiger partial charge in [0.15, 0.2) is 0 Å². The minimum atomic E-state index is -0.353. The molecule has 0 bridgehead atoms. The summed E-state index contributed by atoms with van der Waals surface area (Å²) in [5.41, 5.74) is 0.785. The average Bonchev–Trinajstić information content (AvgIpc) is 3.11. The zero-order valence-electron chi connectivity index (χ0n) is 13.3. The van der Waals surface area contributed by atoms with Gasteiger partial charge in [0, 0.05) is 0 Å². The molecule has 0 atom stereocenters. The van der Waals surface area contributed by atoms with Gasteiger partial charge in [-0.15, -0.1) is 0 Å². The van der Waals surface area contributed by atoms with Gasteiger partial charge in [-0.05, 0) is 30.5 Å². The van der Waals surface area contributed by atoms with E-state index in [1.807, 2.05) is 48.5 Å². The third-order valence-electron chi connectivity index (χ3n) is 4.62. The van der Waals surface area contributed by atoms with E-state index in [0.29, 0.717) is 13.2 Å². The van der Waals surface area contributed by atoms with E-state index in [1.54, 1.807) is 0 Å². The van der Waals surface area contributed by atoms with Crippen LogP contribution in [0.1, 0.15) is 31.2 Å². The highest BCUT2D eigenvalue weighted by Gasteiger charge is 2.42. The fourth-order valence-corrected chi connectivity index (χ4v) is 3.40. The van der Waals surface area contributed by atoms with Crippen LogP contribution < -0.4 is 10.1 Å². The van der Waals surface area contributed by atoms with Crippen molar-refractivity contribution < 1.29 is 9.53 Å². The van der Waals surface area contributed by atoms with E-state index in [4.69, 9.17) is 4.74 Å². The molecule has 2 aromatic carbocycles. The zero-order valence-corrected chi connectivity index (χ0v) is 13.3. The van der Waals surface area contributed by atoms with E-state index in [0.717, 1.165) is 37.0 Å². The highest BCUT2D eigenvalue weighted by atomic mass is 16.5. The molecule has 23 heavy (non-hydrogen) atoms. The summed E-state index contributed by atoms with van der Waals surface area (Å²) in [5.74, 6) is 0.971. The highest BCUT2D eigenvalue weighted by molar-refractivity contribution is 5.88. The molecule has 1 aliphatic carbocycles. The molecule has 1 N–H and O–H groups in total. The standard InChI is InChI=1S/C20H23NO2/c22-19(21-15-16-23-18-11-5-2-6-12-18)20(13-7-8-14-20)17-9-3-1-4-10-17/h1-6,9-12H,7-8,13-16H2,(H,21,22). The number of rotatable bonds is 6. The molecule has 3 nitrogen and oxygen atoms in total. The third-order valence-corrected chi connectivity index (χ3v) is 4.62. The van der Waals surface area contributed by atoms with Gasteiger partial charge in [-0.1, -0.05) is 61.4 Å². The predicted molar refractivity (Wildman–Crippen MR) is 91.5 cm³/mol. The zero-order chi connectivity index (χ0) is 16.0. The number of ether oxygens (including phenoxy) is 1. The second-order valence-corrected chi connectivity index (χ2v) is 6.07. The van der Waals surface area contributed by atoms with Crippen LogP contribution in [0.15, 0.2) is 60.7 Å². The van der Waals surface area contributed by atoms with Crippen molar-refractivity contribution in [2.75, 3.05) is 13.2 Å². The van der Waals surface area contributed by atoms with Crippen LogP contribution in [0.3, 0.4) is 0 Å². The molecule has 0 heterocycles. The maximum absolute atomic E-state index is 12.8. The Kier molecular flexibility index (Phi) is 4.96. The van der Waals surface area contributed by atoms with Crippen LogP contribution in [0.5, 0.6) is 5.75 Å². The molecule has 0 aromatic heterocycles. The average molecular weight is 309 g/mol. The topological polar surface area (TPSA) is 38.3 Å². The van der Waals surface area contributed by atoms with Crippen LogP contribution in [0.25, 0.3) is 0 Å². The van der Waals surface area contributed by atoms with Gasteiger partial charge in [0.25, 0.3) is 0 Å². The van der Waals surface area contributed by atoms with E-state index in [9.17, 15) is 4.79 Å². The molecule has 120 valence electrons. The molecule has 1 aliphatic rings. The van der Waals surface area contributed by atoms with Crippen LogP contribution in [0.4, 0.5) is 0 Å². The van der Waals surface area contributed by atoms with Crippen molar-refractivity contribution >= 4 is 5.91 Å². The van der Waals surface area contributed by atoms with Crippen molar-refractivity contribution in [3.63, 3.8) is 0 Å². The third kappa shape index (κ3) is 3.55. The van der Waals surface area contributed by atoms with Gasteiger partial charge in [0.2, 0.25) is 5.91 Å².